The van der Waals surface area contributed by atoms with Crippen LogP contribution >= 0.6 is 0 Å². The van der Waals surface area contributed by atoms with Gasteiger partial charge < -0.3 is 14.9 Å². The van der Waals surface area contributed by atoms with Crippen LogP contribution in [0.4, 0.5) is 5.82 Å². The van der Waals surface area contributed by atoms with Crippen LogP contribution in [-0.2, 0) is 17.8 Å². The maximum atomic E-state index is 10.6. The van der Waals surface area contributed by atoms with Crippen molar-refractivity contribution in [2.45, 2.75) is 19.5 Å². The Morgan fingerprint density at radius 3 is 3.12 bits per heavy atom. The van der Waals surface area contributed by atoms with Crippen LogP contribution in [0.1, 0.15) is 12.1 Å². The summed E-state index contributed by atoms with van der Waals surface area (Å²) in [5.74, 6) is -0.0567. The van der Waals surface area contributed by atoms with E-state index in [9.17, 15) is 10.1 Å². The Kier molecular flexibility index (Phi) is 3.70. The summed E-state index contributed by atoms with van der Waals surface area (Å²) < 4.78 is 6.73. The lowest BCUT2D eigenvalue weighted by atomic mass is 10.3. The SMILES string of the molecule is COCCCN1CCn2nc([N+](=O)[O-])cc2C1. The highest BCUT2D eigenvalue weighted by Crippen LogP contribution is 2.17. The van der Waals surface area contributed by atoms with Gasteiger partial charge in [-0.3, -0.25) is 4.90 Å². The summed E-state index contributed by atoms with van der Waals surface area (Å²) in [6.45, 7) is 4.03. The molecule has 0 unspecified atom stereocenters. The van der Waals surface area contributed by atoms with E-state index >= 15 is 0 Å². The third-order valence-electron chi connectivity index (χ3n) is 2.87. The van der Waals surface area contributed by atoms with E-state index in [1.165, 1.54) is 0 Å². The van der Waals surface area contributed by atoms with Crippen LogP contribution in [0.5, 0.6) is 0 Å². The molecule has 0 spiro atoms. The molecule has 1 aromatic rings. The zero-order chi connectivity index (χ0) is 12.3. The van der Waals surface area contributed by atoms with Crippen LogP contribution in [0, 0.1) is 10.1 Å². The monoisotopic (exact) mass is 240 g/mol. The number of hydrogen-bond donors (Lipinski definition) is 0. The molecule has 1 aliphatic rings. The van der Waals surface area contributed by atoms with Crippen molar-refractivity contribution >= 4 is 5.82 Å². The quantitative estimate of drug-likeness (QED) is 0.429. The van der Waals surface area contributed by atoms with Crippen molar-refractivity contribution in [2.75, 3.05) is 26.8 Å². The number of nitrogens with zero attached hydrogens (tertiary/aromatic N) is 4. The van der Waals surface area contributed by atoms with Crippen LogP contribution in [0.25, 0.3) is 0 Å². The van der Waals surface area contributed by atoms with Gasteiger partial charge in [0, 0.05) is 33.4 Å². The molecular weight excluding hydrogens is 224 g/mol. The summed E-state index contributed by atoms with van der Waals surface area (Å²) in [5, 5.41) is 14.6. The molecule has 7 heteroatoms. The molecule has 0 N–H and O–H groups in total. The average Bonchev–Trinajstić information content (AvgIpc) is 2.72. The number of hydrogen-bond acceptors (Lipinski definition) is 5. The molecule has 1 aromatic heterocycles. The molecule has 0 saturated heterocycles. The van der Waals surface area contributed by atoms with Gasteiger partial charge >= 0.3 is 5.82 Å². The van der Waals surface area contributed by atoms with Crippen molar-refractivity contribution in [1.29, 1.82) is 0 Å². The van der Waals surface area contributed by atoms with Crippen molar-refractivity contribution in [3.63, 3.8) is 0 Å². The van der Waals surface area contributed by atoms with Gasteiger partial charge in [0.2, 0.25) is 0 Å². The molecular formula is C10H16N4O3. The molecule has 0 fully saturated rings. The molecule has 0 atom stereocenters. The summed E-state index contributed by atoms with van der Waals surface area (Å²) in [6, 6.07) is 1.56. The molecule has 7 nitrogen and oxygen atoms in total. The van der Waals surface area contributed by atoms with Crippen molar-refractivity contribution in [3.8, 4) is 0 Å². The summed E-state index contributed by atoms with van der Waals surface area (Å²) in [4.78, 5) is 12.4. The van der Waals surface area contributed by atoms with E-state index in [0.717, 1.165) is 44.9 Å². The fourth-order valence-corrected chi connectivity index (χ4v) is 2.02. The van der Waals surface area contributed by atoms with Gasteiger partial charge in [0.1, 0.15) is 0 Å². The first kappa shape index (κ1) is 12.0. The van der Waals surface area contributed by atoms with E-state index in [-0.39, 0.29) is 5.82 Å². The second-order valence-electron chi connectivity index (χ2n) is 4.10. The minimum Gasteiger partial charge on any atom is -0.385 e. The van der Waals surface area contributed by atoms with Crippen molar-refractivity contribution in [1.82, 2.24) is 14.7 Å². The van der Waals surface area contributed by atoms with E-state index in [1.54, 1.807) is 17.9 Å². The summed E-state index contributed by atoms with van der Waals surface area (Å²) in [6.07, 6.45) is 0.979. The Bertz CT molecular complexity index is 404. The van der Waals surface area contributed by atoms with E-state index < -0.39 is 4.92 Å². The van der Waals surface area contributed by atoms with Gasteiger partial charge in [-0.15, -0.1) is 0 Å². The normalized spacial score (nSPS) is 15.8. The van der Waals surface area contributed by atoms with Gasteiger partial charge in [-0.05, 0) is 11.3 Å². The summed E-state index contributed by atoms with van der Waals surface area (Å²) in [5.41, 5.74) is 0.917. The minimum atomic E-state index is -0.444. The number of nitro groups is 1. The van der Waals surface area contributed by atoms with E-state index in [2.05, 4.69) is 10.00 Å². The molecule has 0 bridgehead atoms. The molecule has 0 saturated carbocycles. The molecule has 0 aromatic carbocycles. The van der Waals surface area contributed by atoms with Gasteiger partial charge in [0.25, 0.3) is 0 Å². The number of ether oxygens (including phenoxy) is 1. The van der Waals surface area contributed by atoms with E-state index in [4.69, 9.17) is 4.74 Å². The Morgan fingerprint density at radius 1 is 1.59 bits per heavy atom. The first-order valence-electron chi connectivity index (χ1n) is 5.63. The second-order valence-corrected chi connectivity index (χ2v) is 4.10. The zero-order valence-corrected chi connectivity index (χ0v) is 9.83. The Labute approximate surface area is 99.1 Å². The van der Waals surface area contributed by atoms with Gasteiger partial charge in [-0.2, -0.15) is 4.68 Å². The molecule has 0 radical (unpaired) electrons. The molecule has 2 rings (SSSR count). The first-order chi connectivity index (χ1) is 8.20. The van der Waals surface area contributed by atoms with Gasteiger partial charge in [0.15, 0.2) is 0 Å². The van der Waals surface area contributed by atoms with Gasteiger partial charge in [-0.1, -0.05) is 0 Å². The highest BCUT2D eigenvalue weighted by atomic mass is 16.6. The maximum Gasteiger partial charge on any atom is 0.390 e. The van der Waals surface area contributed by atoms with Gasteiger partial charge in [0.05, 0.1) is 23.4 Å². The Balaban J connectivity index is 1.96. The van der Waals surface area contributed by atoms with Crippen LogP contribution in [0.3, 0.4) is 0 Å². The van der Waals surface area contributed by atoms with Gasteiger partial charge in [-0.25, -0.2) is 0 Å². The first-order valence-corrected chi connectivity index (χ1v) is 5.63. The topological polar surface area (TPSA) is 73.4 Å². The standard InChI is InChI=1S/C10H16N4O3/c1-17-6-2-3-12-4-5-13-9(8-12)7-10(11-13)14(15)16/h7H,2-6,8H2,1H3. The smallest absolute Gasteiger partial charge is 0.385 e. The number of fused-ring (bicyclic) bond motifs is 1. The van der Waals surface area contributed by atoms with Crippen molar-refractivity contribution in [3.05, 3.63) is 21.9 Å². The molecule has 94 valence electrons. The number of rotatable bonds is 5. The van der Waals surface area contributed by atoms with E-state index in [0.29, 0.717) is 0 Å². The predicted molar refractivity (Wildman–Crippen MR) is 60.7 cm³/mol. The van der Waals surface area contributed by atoms with Crippen LogP contribution in [0.15, 0.2) is 6.07 Å². The Morgan fingerprint density at radius 2 is 2.41 bits per heavy atom. The lowest BCUT2D eigenvalue weighted by Gasteiger charge is -2.25. The van der Waals surface area contributed by atoms with Crippen LogP contribution in [0.2, 0.25) is 0 Å². The highest BCUT2D eigenvalue weighted by Gasteiger charge is 2.23. The third kappa shape index (κ3) is 2.80. The fraction of sp³-hybridized carbons (Fsp3) is 0.700. The van der Waals surface area contributed by atoms with Crippen molar-refractivity contribution < 1.29 is 9.66 Å². The molecule has 1 aliphatic heterocycles. The molecule has 2 heterocycles. The predicted octanol–water partition coefficient (Wildman–Crippen LogP) is 0.643. The van der Waals surface area contributed by atoms with Crippen LogP contribution < -0.4 is 0 Å². The lowest BCUT2D eigenvalue weighted by molar-refractivity contribution is -0.389. The van der Waals surface area contributed by atoms with E-state index in [1.807, 2.05) is 0 Å². The minimum absolute atomic E-state index is 0.0567. The Hall–Kier alpha value is -1.47. The second kappa shape index (κ2) is 5.24. The van der Waals surface area contributed by atoms with Crippen molar-refractivity contribution in [2.24, 2.45) is 0 Å². The highest BCUT2D eigenvalue weighted by molar-refractivity contribution is 5.22. The number of aromatic nitrogens is 2. The maximum absolute atomic E-state index is 10.6. The fourth-order valence-electron chi connectivity index (χ4n) is 2.02. The molecule has 0 aliphatic carbocycles. The molecule has 0 amide bonds. The summed E-state index contributed by atoms with van der Waals surface area (Å²) >= 11 is 0. The average molecular weight is 240 g/mol. The molecule has 17 heavy (non-hydrogen) atoms. The largest absolute Gasteiger partial charge is 0.390 e. The third-order valence-corrected chi connectivity index (χ3v) is 2.87. The van der Waals surface area contributed by atoms with Crippen LogP contribution in [-0.4, -0.2) is 46.4 Å². The number of methoxy groups -OCH3 is 1. The lowest BCUT2D eigenvalue weighted by Crippen LogP contribution is -2.34. The summed E-state index contributed by atoms with van der Waals surface area (Å²) in [7, 11) is 1.69. The zero-order valence-electron chi connectivity index (χ0n) is 9.83.